The van der Waals surface area contributed by atoms with Gasteiger partial charge in [-0.1, -0.05) is 11.2 Å². The molecule has 0 unspecified atom stereocenters. The zero-order valence-electron chi connectivity index (χ0n) is 12.9. The third-order valence-corrected chi connectivity index (χ3v) is 3.89. The van der Waals surface area contributed by atoms with Crippen LogP contribution in [0, 0.1) is 0 Å². The highest BCUT2D eigenvalue weighted by molar-refractivity contribution is 5.93. The number of ether oxygens (including phenoxy) is 1. The second-order valence-corrected chi connectivity index (χ2v) is 5.54. The van der Waals surface area contributed by atoms with Gasteiger partial charge in [-0.3, -0.25) is 9.78 Å². The molecule has 1 amide bonds. The quantitative estimate of drug-likeness (QED) is 0.799. The van der Waals surface area contributed by atoms with Crippen molar-refractivity contribution in [3.05, 3.63) is 65.6 Å². The van der Waals surface area contributed by atoms with Crippen LogP contribution in [-0.2, 0) is 13.0 Å². The Balaban J connectivity index is 1.47. The largest absolute Gasteiger partial charge is 0.493 e. The molecule has 1 aromatic carbocycles. The number of aromatic nitrogens is 2. The minimum Gasteiger partial charge on any atom is -0.493 e. The molecule has 2 aromatic heterocycles. The van der Waals surface area contributed by atoms with E-state index < -0.39 is 0 Å². The van der Waals surface area contributed by atoms with Gasteiger partial charge in [-0.2, -0.15) is 0 Å². The number of nitrogens with one attached hydrogen (secondary N) is 1. The van der Waals surface area contributed by atoms with Crippen molar-refractivity contribution in [1.29, 1.82) is 0 Å². The summed E-state index contributed by atoms with van der Waals surface area (Å²) in [6, 6.07) is 11.2. The molecule has 0 atom stereocenters. The Hall–Kier alpha value is -3.15. The van der Waals surface area contributed by atoms with Gasteiger partial charge >= 0.3 is 0 Å². The van der Waals surface area contributed by atoms with Gasteiger partial charge in [-0.05, 0) is 35.4 Å². The first-order valence-corrected chi connectivity index (χ1v) is 7.69. The summed E-state index contributed by atoms with van der Waals surface area (Å²) in [7, 11) is 0. The number of carbonyl (C=O) groups excluding carboxylic acids is 1. The van der Waals surface area contributed by atoms with Crippen LogP contribution in [0.4, 0.5) is 0 Å². The van der Waals surface area contributed by atoms with Crippen molar-refractivity contribution in [1.82, 2.24) is 15.5 Å². The van der Waals surface area contributed by atoms with Crippen molar-refractivity contribution in [3.63, 3.8) is 0 Å². The molecule has 3 aromatic rings. The van der Waals surface area contributed by atoms with Gasteiger partial charge in [-0.25, -0.2) is 0 Å². The molecular weight excluding hydrogens is 306 g/mol. The maximum Gasteiger partial charge on any atom is 0.273 e. The van der Waals surface area contributed by atoms with E-state index in [0.717, 1.165) is 28.9 Å². The molecule has 0 radical (unpaired) electrons. The van der Waals surface area contributed by atoms with Crippen molar-refractivity contribution < 1.29 is 14.1 Å². The van der Waals surface area contributed by atoms with Gasteiger partial charge in [0.05, 0.1) is 6.61 Å². The maximum atomic E-state index is 12.2. The number of hydrogen-bond donors (Lipinski definition) is 1. The summed E-state index contributed by atoms with van der Waals surface area (Å²) in [6.45, 7) is 1.10. The van der Waals surface area contributed by atoms with Crippen LogP contribution in [0.1, 0.15) is 21.6 Å². The number of pyridine rings is 1. The summed E-state index contributed by atoms with van der Waals surface area (Å²) in [6.07, 6.45) is 4.29. The molecule has 4 rings (SSSR count). The first-order chi connectivity index (χ1) is 11.8. The van der Waals surface area contributed by atoms with Gasteiger partial charge in [0.1, 0.15) is 5.75 Å². The second-order valence-electron chi connectivity index (χ2n) is 5.54. The zero-order valence-corrected chi connectivity index (χ0v) is 12.9. The Kier molecular flexibility index (Phi) is 3.70. The van der Waals surface area contributed by atoms with Gasteiger partial charge in [-0.15, -0.1) is 0 Å². The van der Waals surface area contributed by atoms with Crippen molar-refractivity contribution in [2.24, 2.45) is 0 Å². The lowest BCUT2D eigenvalue weighted by Crippen LogP contribution is -2.23. The monoisotopic (exact) mass is 321 g/mol. The minimum atomic E-state index is -0.279. The van der Waals surface area contributed by atoms with Crippen molar-refractivity contribution >= 4 is 5.91 Å². The molecule has 1 aliphatic rings. The first kappa shape index (κ1) is 14.4. The lowest BCUT2D eigenvalue weighted by Gasteiger charge is -2.01. The third kappa shape index (κ3) is 2.86. The first-order valence-electron chi connectivity index (χ1n) is 7.69. The highest BCUT2D eigenvalue weighted by Crippen LogP contribution is 2.30. The molecule has 0 spiro atoms. The normalized spacial score (nSPS) is 12.5. The van der Waals surface area contributed by atoms with E-state index in [1.54, 1.807) is 18.5 Å². The number of benzene rings is 1. The maximum absolute atomic E-state index is 12.2. The van der Waals surface area contributed by atoms with E-state index in [-0.39, 0.29) is 11.6 Å². The zero-order chi connectivity index (χ0) is 16.4. The van der Waals surface area contributed by atoms with E-state index in [0.29, 0.717) is 18.9 Å². The van der Waals surface area contributed by atoms with E-state index in [2.05, 4.69) is 15.5 Å². The molecule has 120 valence electrons. The van der Waals surface area contributed by atoms with Crippen molar-refractivity contribution in [3.8, 4) is 17.1 Å². The average Bonchev–Trinajstić information content (AvgIpc) is 3.29. The number of carbonyl (C=O) groups is 1. The number of rotatable bonds is 4. The van der Waals surface area contributed by atoms with Gasteiger partial charge in [0.15, 0.2) is 11.5 Å². The minimum absolute atomic E-state index is 0.255. The summed E-state index contributed by atoms with van der Waals surface area (Å²) < 4.78 is 10.8. The Morgan fingerprint density at radius 1 is 1.25 bits per heavy atom. The second kappa shape index (κ2) is 6.16. The van der Waals surface area contributed by atoms with Gasteiger partial charge in [0.25, 0.3) is 5.91 Å². The predicted octanol–water partition coefficient (Wildman–Crippen LogP) is 2.60. The molecule has 0 aliphatic carbocycles. The van der Waals surface area contributed by atoms with Gasteiger partial charge < -0.3 is 14.6 Å². The molecule has 1 aliphatic heterocycles. The van der Waals surface area contributed by atoms with Crippen LogP contribution >= 0.6 is 0 Å². The van der Waals surface area contributed by atoms with Gasteiger partial charge in [0.2, 0.25) is 0 Å². The number of amides is 1. The third-order valence-electron chi connectivity index (χ3n) is 3.89. The topological polar surface area (TPSA) is 77.2 Å². The molecule has 1 N–H and O–H groups in total. The molecule has 24 heavy (non-hydrogen) atoms. The van der Waals surface area contributed by atoms with E-state index in [1.165, 1.54) is 0 Å². The predicted molar refractivity (Wildman–Crippen MR) is 86.5 cm³/mol. The molecule has 0 saturated heterocycles. The highest BCUT2D eigenvalue weighted by Gasteiger charge is 2.17. The van der Waals surface area contributed by atoms with Crippen molar-refractivity contribution in [2.45, 2.75) is 13.0 Å². The standard InChI is InChI=1S/C18H15N3O3/c22-18(20-11-12-2-1-6-19-10-12)15-9-17(24-21-15)13-3-4-16-14(8-13)5-7-23-16/h1-4,6,8-10H,5,7,11H2,(H,20,22). The molecular formula is C18H15N3O3. The Morgan fingerprint density at radius 2 is 2.21 bits per heavy atom. The smallest absolute Gasteiger partial charge is 0.273 e. The number of fused-ring (bicyclic) bond motifs is 1. The highest BCUT2D eigenvalue weighted by atomic mass is 16.5. The average molecular weight is 321 g/mol. The van der Waals surface area contributed by atoms with Crippen molar-refractivity contribution in [2.75, 3.05) is 6.61 Å². The fourth-order valence-corrected chi connectivity index (χ4v) is 2.63. The van der Waals surface area contributed by atoms with Crippen LogP contribution in [0.15, 0.2) is 53.3 Å². The molecule has 0 saturated carbocycles. The van der Waals surface area contributed by atoms with E-state index >= 15 is 0 Å². The molecule has 6 heteroatoms. The number of nitrogens with zero attached hydrogens (tertiary/aromatic N) is 2. The van der Waals surface area contributed by atoms with Crippen LogP contribution in [0.5, 0.6) is 5.75 Å². The summed E-state index contributed by atoms with van der Waals surface area (Å²) in [4.78, 5) is 16.2. The lowest BCUT2D eigenvalue weighted by atomic mass is 10.1. The fourth-order valence-electron chi connectivity index (χ4n) is 2.63. The summed E-state index contributed by atoms with van der Waals surface area (Å²) in [5.74, 6) is 1.20. The van der Waals surface area contributed by atoms with Crippen LogP contribution in [-0.4, -0.2) is 22.7 Å². The summed E-state index contributed by atoms with van der Waals surface area (Å²) in [5, 5.41) is 6.66. The Morgan fingerprint density at radius 3 is 3.08 bits per heavy atom. The Labute approximate surface area is 138 Å². The van der Waals surface area contributed by atoms with E-state index in [4.69, 9.17) is 9.26 Å². The summed E-state index contributed by atoms with van der Waals surface area (Å²) in [5.41, 5.74) is 3.21. The van der Waals surface area contributed by atoms with E-state index in [9.17, 15) is 4.79 Å². The molecule has 3 heterocycles. The van der Waals surface area contributed by atoms with Gasteiger partial charge in [0, 0.05) is 37.0 Å². The molecule has 6 nitrogen and oxygen atoms in total. The van der Waals surface area contributed by atoms with Crippen LogP contribution in [0.2, 0.25) is 0 Å². The Bertz CT molecular complexity index is 874. The van der Waals surface area contributed by atoms with Crippen LogP contribution in [0.3, 0.4) is 0 Å². The molecule has 0 bridgehead atoms. The van der Waals surface area contributed by atoms with Crippen LogP contribution < -0.4 is 10.1 Å². The molecule has 0 fully saturated rings. The lowest BCUT2D eigenvalue weighted by molar-refractivity contribution is 0.0942. The summed E-state index contributed by atoms with van der Waals surface area (Å²) >= 11 is 0. The van der Waals surface area contributed by atoms with Crippen LogP contribution in [0.25, 0.3) is 11.3 Å². The SMILES string of the molecule is O=C(NCc1cccnc1)c1cc(-c2ccc3c(c2)CCO3)on1. The fraction of sp³-hybridized carbons (Fsp3) is 0.167. The van der Waals surface area contributed by atoms with E-state index in [1.807, 2.05) is 30.3 Å². The number of hydrogen-bond acceptors (Lipinski definition) is 5.